The molecule has 0 atom stereocenters. The van der Waals surface area contributed by atoms with Gasteiger partial charge in [-0.25, -0.2) is 0 Å². The van der Waals surface area contributed by atoms with Crippen LogP contribution in [0.4, 0.5) is 34.1 Å². The fraction of sp³-hybridized carbons (Fsp3) is 0. The number of fused-ring (bicyclic) bond motifs is 3. The zero-order chi connectivity index (χ0) is 40.0. The molecule has 1 aliphatic carbocycles. The van der Waals surface area contributed by atoms with Crippen LogP contribution < -0.4 is 11.2 Å². The molecule has 20 heteroatoms. The maximum absolute atomic E-state index is 13.4. The Kier molecular flexibility index (Phi) is 9.62. The molecular formula is C36H25N7O10S3. The van der Waals surface area contributed by atoms with Crippen molar-refractivity contribution in [2.75, 3.05) is 11.2 Å². The number of hydrogen-bond acceptors (Lipinski definition) is 14. The molecule has 6 aromatic carbocycles. The Morgan fingerprint density at radius 1 is 0.554 bits per heavy atom. The summed E-state index contributed by atoms with van der Waals surface area (Å²) in [5.74, 6) is -0.859. The fourth-order valence-electron chi connectivity index (χ4n) is 5.77. The van der Waals surface area contributed by atoms with Gasteiger partial charge in [0.05, 0.1) is 38.2 Å². The second-order valence-electron chi connectivity index (χ2n) is 12.1. The van der Waals surface area contributed by atoms with E-state index >= 15 is 0 Å². The molecule has 0 amide bonds. The van der Waals surface area contributed by atoms with Gasteiger partial charge in [0.15, 0.2) is 5.71 Å². The van der Waals surface area contributed by atoms with Gasteiger partial charge in [-0.05, 0) is 84.4 Å². The van der Waals surface area contributed by atoms with Crippen molar-refractivity contribution in [3.63, 3.8) is 0 Å². The number of nitrogens with one attached hydrogen (secondary N) is 1. The molecule has 1 aliphatic rings. The molecule has 0 saturated heterocycles. The van der Waals surface area contributed by atoms with Gasteiger partial charge >= 0.3 is 0 Å². The van der Waals surface area contributed by atoms with Crippen molar-refractivity contribution in [3.8, 4) is 0 Å². The lowest BCUT2D eigenvalue weighted by molar-refractivity contribution is 0.106. The summed E-state index contributed by atoms with van der Waals surface area (Å²) < 4.78 is 102. The minimum Gasteiger partial charge on any atom is -0.399 e. The van der Waals surface area contributed by atoms with Crippen LogP contribution in [-0.2, 0) is 30.4 Å². The normalized spacial score (nSPS) is 14.5. The molecule has 56 heavy (non-hydrogen) atoms. The van der Waals surface area contributed by atoms with Crippen molar-refractivity contribution in [1.29, 1.82) is 0 Å². The molecule has 0 fully saturated rings. The van der Waals surface area contributed by atoms with E-state index in [1.54, 1.807) is 30.3 Å². The third kappa shape index (κ3) is 7.68. The number of hydrogen-bond donors (Lipinski definition) is 5. The number of allylic oxidation sites excluding steroid dienone is 1. The fourth-order valence-corrected chi connectivity index (χ4v) is 7.44. The third-order valence-corrected chi connectivity index (χ3v) is 11.0. The predicted molar refractivity (Wildman–Crippen MR) is 208 cm³/mol. The van der Waals surface area contributed by atoms with Gasteiger partial charge in [-0.2, -0.15) is 35.5 Å². The Morgan fingerprint density at radius 3 is 1.71 bits per heavy atom. The Labute approximate surface area is 317 Å². The molecule has 0 saturated carbocycles. The quantitative estimate of drug-likeness (QED) is 0.0405. The van der Waals surface area contributed by atoms with Crippen LogP contribution in [0.2, 0.25) is 0 Å². The number of nitrogen functional groups attached to an aromatic ring is 1. The predicted octanol–water partition coefficient (Wildman–Crippen LogP) is 7.79. The van der Waals surface area contributed by atoms with E-state index < -0.39 is 56.5 Å². The first-order chi connectivity index (χ1) is 26.5. The van der Waals surface area contributed by atoms with E-state index in [9.17, 15) is 43.7 Å². The molecular weight excluding hydrogens is 787 g/mol. The lowest BCUT2D eigenvalue weighted by Gasteiger charge is -2.17. The van der Waals surface area contributed by atoms with E-state index in [4.69, 9.17) is 5.73 Å². The van der Waals surface area contributed by atoms with Crippen LogP contribution in [0.25, 0.3) is 27.6 Å². The number of nitrogens with zero attached hydrogens (tertiary/aromatic N) is 5. The Morgan fingerprint density at radius 2 is 1.11 bits per heavy atom. The second kappa shape index (κ2) is 14.3. The average molecular weight is 812 g/mol. The number of rotatable bonds is 9. The Hall–Kier alpha value is -6.55. The number of carbonyl (C=O) groups is 1. The summed E-state index contributed by atoms with van der Waals surface area (Å²) in [6.45, 7) is 0. The van der Waals surface area contributed by atoms with Crippen LogP contribution in [-0.4, -0.2) is 50.4 Å². The number of hydrazone groups is 1. The molecule has 6 aromatic rings. The van der Waals surface area contributed by atoms with E-state index in [0.29, 0.717) is 11.1 Å². The molecule has 0 bridgehead atoms. The number of Topliss-reactive ketones (excluding diaryl/α,β-unsaturated/α-hetero) is 1. The van der Waals surface area contributed by atoms with Crippen LogP contribution in [0.5, 0.6) is 0 Å². The molecule has 7 rings (SSSR count). The second-order valence-corrected chi connectivity index (χ2v) is 16.3. The van der Waals surface area contributed by atoms with Gasteiger partial charge in [0.1, 0.15) is 4.91 Å². The van der Waals surface area contributed by atoms with E-state index in [0.717, 1.165) is 24.3 Å². The summed E-state index contributed by atoms with van der Waals surface area (Å²) >= 11 is 0. The minimum absolute atomic E-state index is 0.0328. The van der Waals surface area contributed by atoms with Crippen LogP contribution in [0.1, 0.15) is 15.9 Å². The first-order valence-electron chi connectivity index (χ1n) is 15.9. The number of ketones is 1. The van der Waals surface area contributed by atoms with E-state index in [1.807, 2.05) is 0 Å². The maximum atomic E-state index is 13.4. The molecule has 0 radical (unpaired) electrons. The van der Waals surface area contributed by atoms with Crippen LogP contribution >= 0.6 is 0 Å². The monoisotopic (exact) mass is 811 g/mol. The van der Waals surface area contributed by atoms with Crippen molar-refractivity contribution in [3.05, 3.63) is 125 Å². The molecule has 282 valence electrons. The van der Waals surface area contributed by atoms with Gasteiger partial charge in [0, 0.05) is 32.8 Å². The average Bonchev–Trinajstić information content (AvgIpc) is 3.15. The first-order valence-corrected chi connectivity index (χ1v) is 20.2. The van der Waals surface area contributed by atoms with Crippen molar-refractivity contribution < 1.29 is 43.7 Å². The lowest BCUT2D eigenvalue weighted by Crippen LogP contribution is -2.27. The summed E-state index contributed by atoms with van der Waals surface area (Å²) in [4.78, 5) is 11.7. The van der Waals surface area contributed by atoms with Gasteiger partial charge in [0.25, 0.3) is 30.4 Å². The summed E-state index contributed by atoms with van der Waals surface area (Å²) in [6.07, 6.45) is 1.07. The maximum Gasteiger partial charge on any atom is 0.296 e. The molecule has 17 nitrogen and oxygen atoms in total. The number of benzene rings is 6. The molecule has 0 spiro atoms. The van der Waals surface area contributed by atoms with Gasteiger partial charge < -0.3 is 5.73 Å². The largest absolute Gasteiger partial charge is 0.399 e. The third-order valence-electron chi connectivity index (χ3n) is 8.42. The number of nitrogens with two attached hydrogens (primary N) is 1. The number of azo groups is 2. The van der Waals surface area contributed by atoms with Crippen molar-refractivity contribution in [2.45, 2.75) is 9.79 Å². The molecule has 6 N–H and O–H groups in total. The van der Waals surface area contributed by atoms with E-state index in [2.05, 4.69) is 31.0 Å². The molecule has 0 heterocycles. The highest BCUT2D eigenvalue weighted by atomic mass is 32.2. The highest BCUT2D eigenvalue weighted by molar-refractivity contribution is 7.91. The zero-order valence-electron chi connectivity index (χ0n) is 28.2. The standard InChI is InChI=1S/C36H25N7O10S3/c37-21-7-6-20-16-34(56(51,52)53)35(36(44)27(20)17-21)43-42-31-13-15-33(29-19-24(55(48,49)50)9-11-26(29)31)41-40-30-12-14-32(39-38-22-4-2-1-3-5-22)28-18-23(54(45,46)47)8-10-25(28)30/h1-19,42H,37H2,(H,45,46,47)(H,48,49,50)(H,51,52,53)/b39-38?,41-40?,43-35-. The van der Waals surface area contributed by atoms with Crippen molar-refractivity contribution in [2.24, 2.45) is 25.6 Å². The zero-order valence-corrected chi connectivity index (χ0v) is 30.7. The van der Waals surface area contributed by atoms with Crippen LogP contribution in [0.15, 0.2) is 149 Å². The SMILES string of the molecule is Nc1ccc2c(c1)C(=O)/C(=N\Nc1ccc(N=Nc3ccc(N=Nc4ccccc4)c4cc(S(=O)(=O)O)ccc34)c3cc(S(=O)(=O)O)ccc13)C(S(=O)(=O)O)=C2. The van der Waals surface area contributed by atoms with Crippen molar-refractivity contribution >= 4 is 104 Å². The number of anilines is 2. The smallest absolute Gasteiger partial charge is 0.296 e. The van der Waals surface area contributed by atoms with E-state index in [1.165, 1.54) is 60.7 Å². The highest BCUT2D eigenvalue weighted by Gasteiger charge is 2.33. The minimum atomic E-state index is -4.95. The summed E-state index contributed by atoms with van der Waals surface area (Å²) in [5, 5.41) is 22.1. The summed E-state index contributed by atoms with van der Waals surface area (Å²) in [7, 11) is -14.3. The van der Waals surface area contributed by atoms with Gasteiger partial charge in [-0.15, -0.1) is 15.3 Å². The first kappa shape index (κ1) is 37.8. The Balaban J connectivity index is 1.32. The van der Waals surface area contributed by atoms with Gasteiger partial charge in [0.2, 0.25) is 5.78 Å². The summed E-state index contributed by atoms with van der Waals surface area (Å²) in [5.41, 5.74) is 9.37. The highest BCUT2D eigenvalue weighted by Crippen LogP contribution is 2.39. The molecule has 0 aromatic heterocycles. The van der Waals surface area contributed by atoms with Crippen molar-refractivity contribution in [1.82, 2.24) is 0 Å². The topological polar surface area (TPSA) is 280 Å². The van der Waals surface area contributed by atoms with Gasteiger partial charge in [-0.1, -0.05) is 36.4 Å². The van der Waals surface area contributed by atoms with Crippen LogP contribution in [0, 0.1) is 0 Å². The Bertz CT molecular complexity index is 3110. The lowest BCUT2D eigenvalue weighted by atomic mass is 9.94. The van der Waals surface area contributed by atoms with Crippen LogP contribution in [0.3, 0.4) is 0 Å². The summed E-state index contributed by atoms with van der Waals surface area (Å²) in [6, 6.07) is 26.0. The van der Waals surface area contributed by atoms with E-state index in [-0.39, 0.29) is 55.7 Å². The van der Waals surface area contributed by atoms with Gasteiger partial charge in [-0.3, -0.25) is 23.9 Å². The molecule has 0 aliphatic heterocycles. The number of carbonyl (C=O) groups excluding carboxylic acids is 1. The molecule has 0 unspecified atom stereocenters.